The van der Waals surface area contributed by atoms with Crippen molar-refractivity contribution in [1.82, 2.24) is 0 Å². The van der Waals surface area contributed by atoms with Crippen LogP contribution in [0.4, 0.5) is 5.69 Å². The van der Waals surface area contributed by atoms with Gasteiger partial charge in [0.15, 0.2) is 0 Å². The zero-order chi connectivity index (χ0) is 13.9. The number of benzene rings is 1. The van der Waals surface area contributed by atoms with Crippen LogP contribution in [0.15, 0.2) is 18.2 Å². The van der Waals surface area contributed by atoms with Gasteiger partial charge in [0.05, 0.1) is 0 Å². The summed E-state index contributed by atoms with van der Waals surface area (Å²) in [5.74, 6) is 2.75. The van der Waals surface area contributed by atoms with Crippen LogP contribution in [0.2, 0.25) is 0 Å². The largest absolute Gasteiger partial charge is 0.381 e. The quantitative estimate of drug-likeness (QED) is 0.707. The smallest absolute Gasteiger partial charge is 0.0410 e. The first-order valence-electron chi connectivity index (χ1n) is 8.45. The standard InChI is InChI=1S/C19H27N/c1-12-6-4-9-15-17(12)20-18-14-8-5-7-13(14)10-11-16(18)19(15,2)3/h4,6,9,13-14,16,18,20H,5,7-8,10-11H2,1-3H3/t13-,14-,16-,18-/m1/s1. The highest BCUT2D eigenvalue weighted by Gasteiger charge is 2.50. The summed E-state index contributed by atoms with van der Waals surface area (Å²) >= 11 is 0. The Morgan fingerprint density at radius 3 is 2.80 bits per heavy atom. The molecular formula is C19H27N. The maximum absolute atomic E-state index is 3.99. The number of hydrogen-bond donors (Lipinski definition) is 1. The molecule has 0 radical (unpaired) electrons. The van der Waals surface area contributed by atoms with Crippen molar-refractivity contribution in [2.45, 2.75) is 64.3 Å². The summed E-state index contributed by atoms with van der Waals surface area (Å²) in [5.41, 5.74) is 4.75. The molecular weight excluding hydrogens is 242 g/mol. The van der Waals surface area contributed by atoms with Gasteiger partial charge in [0.2, 0.25) is 0 Å². The van der Waals surface area contributed by atoms with Crippen LogP contribution in [-0.2, 0) is 5.41 Å². The van der Waals surface area contributed by atoms with E-state index in [9.17, 15) is 0 Å². The van der Waals surface area contributed by atoms with Gasteiger partial charge in [0, 0.05) is 11.7 Å². The average molecular weight is 269 g/mol. The fourth-order valence-electron chi connectivity index (χ4n) is 5.55. The summed E-state index contributed by atoms with van der Waals surface area (Å²) in [4.78, 5) is 0. The molecule has 0 bridgehead atoms. The van der Waals surface area contributed by atoms with Crippen molar-refractivity contribution in [3.63, 3.8) is 0 Å². The van der Waals surface area contributed by atoms with Crippen molar-refractivity contribution in [2.24, 2.45) is 17.8 Å². The third-order valence-electron chi connectivity index (χ3n) is 6.67. The molecule has 1 nitrogen and oxygen atoms in total. The molecule has 1 aromatic carbocycles. The maximum Gasteiger partial charge on any atom is 0.0410 e. The molecule has 1 aromatic rings. The highest BCUT2D eigenvalue weighted by Crippen LogP contribution is 2.54. The lowest BCUT2D eigenvalue weighted by atomic mass is 9.58. The molecule has 1 aliphatic heterocycles. The van der Waals surface area contributed by atoms with E-state index in [1.165, 1.54) is 43.4 Å². The van der Waals surface area contributed by atoms with Crippen molar-refractivity contribution < 1.29 is 0 Å². The van der Waals surface area contributed by atoms with Crippen molar-refractivity contribution in [2.75, 3.05) is 5.32 Å². The first-order chi connectivity index (χ1) is 9.59. The van der Waals surface area contributed by atoms with Crippen molar-refractivity contribution in [3.8, 4) is 0 Å². The molecule has 3 aliphatic rings. The maximum atomic E-state index is 3.99. The lowest BCUT2D eigenvalue weighted by Gasteiger charge is -2.52. The van der Waals surface area contributed by atoms with Crippen LogP contribution < -0.4 is 5.32 Å². The van der Waals surface area contributed by atoms with Crippen LogP contribution in [0.5, 0.6) is 0 Å². The summed E-state index contributed by atoms with van der Waals surface area (Å²) in [6.07, 6.45) is 7.28. The Balaban J connectivity index is 1.81. The van der Waals surface area contributed by atoms with E-state index < -0.39 is 0 Å². The van der Waals surface area contributed by atoms with Gasteiger partial charge in [-0.05, 0) is 60.5 Å². The second-order valence-electron chi connectivity index (χ2n) is 7.93. The van der Waals surface area contributed by atoms with Gasteiger partial charge in [-0.1, -0.05) is 44.9 Å². The molecule has 0 saturated heterocycles. The minimum atomic E-state index is 0.324. The average Bonchev–Trinajstić information content (AvgIpc) is 2.89. The lowest BCUT2D eigenvalue weighted by Crippen LogP contribution is -2.53. The van der Waals surface area contributed by atoms with E-state index in [1.807, 2.05) is 0 Å². The van der Waals surface area contributed by atoms with E-state index in [4.69, 9.17) is 0 Å². The predicted octanol–water partition coefficient (Wildman–Crippen LogP) is 4.89. The molecule has 0 aromatic heterocycles. The molecule has 108 valence electrons. The van der Waals surface area contributed by atoms with E-state index in [-0.39, 0.29) is 0 Å². The van der Waals surface area contributed by atoms with Crippen LogP contribution in [0.1, 0.15) is 57.1 Å². The molecule has 1 heterocycles. The Morgan fingerprint density at radius 2 is 1.95 bits per heavy atom. The number of anilines is 1. The van der Waals surface area contributed by atoms with Gasteiger partial charge in [0.1, 0.15) is 0 Å². The highest BCUT2D eigenvalue weighted by atomic mass is 15.0. The summed E-state index contributed by atoms with van der Waals surface area (Å²) in [5, 5.41) is 3.99. The van der Waals surface area contributed by atoms with Crippen LogP contribution in [0.3, 0.4) is 0 Å². The summed E-state index contributed by atoms with van der Waals surface area (Å²) < 4.78 is 0. The zero-order valence-corrected chi connectivity index (χ0v) is 13.1. The number of para-hydroxylation sites is 1. The number of aryl methyl sites for hydroxylation is 1. The molecule has 2 aliphatic carbocycles. The number of nitrogens with one attached hydrogen (secondary N) is 1. The Morgan fingerprint density at radius 1 is 1.10 bits per heavy atom. The highest BCUT2D eigenvalue weighted by molar-refractivity contribution is 5.63. The Kier molecular flexibility index (Phi) is 2.71. The monoisotopic (exact) mass is 269 g/mol. The number of hydrogen-bond acceptors (Lipinski definition) is 1. The SMILES string of the molecule is Cc1cccc2c1N[C@@H]1[C@@H]3CCC[C@@H]3CC[C@H]1C2(C)C. The molecule has 0 spiro atoms. The van der Waals surface area contributed by atoms with E-state index in [0.717, 1.165) is 23.8 Å². The van der Waals surface area contributed by atoms with Crippen molar-refractivity contribution in [3.05, 3.63) is 29.3 Å². The fraction of sp³-hybridized carbons (Fsp3) is 0.684. The van der Waals surface area contributed by atoms with Crippen molar-refractivity contribution in [1.29, 1.82) is 0 Å². The molecule has 1 heteroatoms. The van der Waals surface area contributed by atoms with Crippen LogP contribution in [0.25, 0.3) is 0 Å². The number of rotatable bonds is 0. The predicted molar refractivity (Wildman–Crippen MR) is 85.2 cm³/mol. The van der Waals surface area contributed by atoms with Gasteiger partial charge in [-0.3, -0.25) is 0 Å². The third-order valence-corrected chi connectivity index (χ3v) is 6.67. The van der Waals surface area contributed by atoms with Gasteiger partial charge in [0.25, 0.3) is 0 Å². The second-order valence-corrected chi connectivity index (χ2v) is 7.93. The normalized spacial score (nSPS) is 37.5. The molecule has 2 fully saturated rings. The molecule has 0 unspecified atom stereocenters. The van der Waals surface area contributed by atoms with E-state index >= 15 is 0 Å². The first kappa shape index (κ1) is 12.7. The molecule has 20 heavy (non-hydrogen) atoms. The van der Waals surface area contributed by atoms with Gasteiger partial charge in [-0.2, -0.15) is 0 Å². The van der Waals surface area contributed by atoms with Gasteiger partial charge < -0.3 is 5.32 Å². The topological polar surface area (TPSA) is 12.0 Å². The van der Waals surface area contributed by atoms with E-state index in [2.05, 4.69) is 44.3 Å². The molecule has 0 amide bonds. The van der Waals surface area contributed by atoms with E-state index in [1.54, 1.807) is 5.56 Å². The van der Waals surface area contributed by atoms with Crippen LogP contribution >= 0.6 is 0 Å². The molecule has 1 N–H and O–H groups in total. The summed E-state index contributed by atoms with van der Waals surface area (Å²) in [7, 11) is 0. The van der Waals surface area contributed by atoms with Gasteiger partial charge in [-0.25, -0.2) is 0 Å². The molecule has 4 atom stereocenters. The van der Waals surface area contributed by atoms with E-state index in [0.29, 0.717) is 5.41 Å². The Labute approximate surface area is 123 Å². The summed E-state index contributed by atoms with van der Waals surface area (Å²) in [6.45, 7) is 7.23. The van der Waals surface area contributed by atoms with Gasteiger partial charge >= 0.3 is 0 Å². The lowest BCUT2D eigenvalue weighted by molar-refractivity contribution is 0.121. The Hall–Kier alpha value is -0.980. The number of fused-ring (bicyclic) bond motifs is 4. The zero-order valence-electron chi connectivity index (χ0n) is 13.1. The van der Waals surface area contributed by atoms with Crippen LogP contribution in [-0.4, -0.2) is 6.04 Å². The van der Waals surface area contributed by atoms with Gasteiger partial charge in [-0.15, -0.1) is 0 Å². The summed E-state index contributed by atoms with van der Waals surface area (Å²) in [6, 6.07) is 7.57. The minimum absolute atomic E-state index is 0.324. The minimum Gasteiger partial charge on any atom is -0.381 e. The second kappa shape index (κ2) is 4.26. The Bertz CT molecular complexity index is 531. The first-order valence-corrected chi connectivity index (χ1v) is 8.45. The molecule has 2 saturated carbocycles. The third kappa shape index (κ3) is 1.61. The van der Waals surface area contributed by atoms with Crippen LogP contribution in [0, 0.1) is 24.7 Å². The van der Waals surface area contributed by atoms with Crippen molar-refractivity contribution >= 4 is 5.69 Å². The fourth-order valence-corrected chi connectivity index (χ4v) is 5.55. The molecule has 4 rings (SSSR count).